The SMILES string of the molecule is CCN1CCCC1CNC(=NCc1nnc(C)n1C)NC(C)c1cccc(-n2cccn2)c1.I. The number of aliphatic imine (C=N–C) groups is 1. The van der Waals surface area contributed by atoms with E-state index in [4.69, 9.17) is 4.99 Å². The highest BCUT2D eigenvalue weighted by Crippen LogP contribution is 2.18. The van der Waals surface area contributed by atoms with Crippen molar-refractivity contribution in [3.8, 4) is 5.69 Å². The molecule has 1 aromatic carbocycles. The summed E-state index contributed by atoms with van der Waals surface area (Å²) in [6.07, 6.45) is 6.22. The number of hydrogen-bond donors (Lipinski definition) is 2. The van der Waals surface area contributed by atoms with E-state index in [1.807, 2.05) is 35.5 Å². The number of nitrogens with one attached hydrogen (secondary N) is 2. The van der Waals surface area contributed by atoms with Crippen molar-refractivity contribution in [2.75, 3.05) is 19.6 Å². The van der Waals surface area contributed by atoms with Crippen molar-refractivity contribution in [1.82, 2.24) is 40.1 Å². The van der Waals surface area contributed by atoms with Crippen LogP contribution in [0.5, 0.6) is 0 Å². The molecule has 3 aromatic rings. The van der Waals surface area contributed by atoms with Gasteiger partial charge in [-0.05, 0) is 63.5 Å². The van der Waals surface area contributed by atoms with Crippen LogP contribution in [0.25, 0.3) is 5.69 Å². The number of benzene rings is 1. The van der Waals surface area contributed by atoms with Crippen LogP contribution in [0.4, 0.5) is 0 Å². The zero-order chi connectivity index (χ0) is 23.2. The van der Waals surface area contributed by atoms with Gasteiger partial charge in [0, 0.05) is 32.0 Å². The smallest absolute Gasteiger partial charge is 0.192 e. The summed E-state index contributed by atoms with van der Waals surface area (Å²) in [6, 6.07) is 11.0. The van der Waals surface area contributed by atoms with Crippen molar-refractivity contribution in [3.63, 3.8) is 0 Å². The van der Waals surface area contributed by atoms with Crippen LogP contribution in [0.2, 0.25) is 0 Å². The van der Waals surface area contributed by atoms with Crippen LogP contribution in [-0.2, 0) is 13.6 Å². The third-order valence-electron chi connectivity index (χ3n) is 6.46. The van der Waals surface area contributed by atoms with Gasteiger partial charge in [-0.2, -0.15) is 5.10 Å². The molecule has 34 heavy (non-hydrogen) atoms. The van der Waals surface area contributed by atoms with Crippen molar-refractivity contribution in [1.29, 1.82) is 0 Å². The monoisotopic (exact) mass is 577 g/mol. The molecule has 4 rings (SSSR count). The fourth-order valence-corrected chi connectivity index (χ4v) is 4.29. The summed E-state index contributed by atoms with van der Waals surface area (Å²) in [5, 5.41) is 19.9. The first-order chi connectivity index (χ1) is 16.0. The normalized spacial score (nSPS) is 17.4. The summed E-state index contributed by atoms with van der Waals surface area (Å²) < 4.78 is 3.85. The highest BCUT2D eigenvalue weighted by atomic mass is 127. The second-order valence-corrected chi connectivity index (χ2v) is 8.60. The van der Waals surface area contributed by atoms with E-state index in [9.17, 15) is 0 Å². The molecule has 1 saturated heterocycles. The molecule has 0 aliphatic carbocycles. The van der Waals surface area contributed by atoms with Crippen molar-refractivity contribution in [2.45, 2.75) is 52.2 Å². The molecule has 184 valence electrons. The van der Waals surface area contributed by atoms with Gasteiger partial charge in [-0.25, -0.2) is 9.67 Å². The first-order valence-electron chi connectivity index (χ1n) is 11.8. The Kier molecular flexibility index (Phi) is 9.45. The lowest BCUT2D eigenvalue weighted by molar-refractivity contribution is 0.267. The van der Waals surface area contributed by atoms with Crippen LogP contribution < -0.4 is 10.6 Å². The minimum absolute atomic E-state index is 0. The maximum absolute atomic E-state index is 4.85. The fraction of sp³-hybridized carbons (Fsp3) is 0.500. The third kappa shape index (κ3) is 6.35. The Bertz CT molecular complexity index is 1060. The molecular weight excluding hydrogens is 541 g/mol. The number of nitrogens with zero attached hydrogens (tertiary/aromatic N) is 7. The summed E-state index contributed by atoms with van der Waals surface area (Å²) in [4.78, 5) is 7.39. The van der Waals surface area contributed by atoms with Gasteiger partial charge in [0.2, 0.25) is 0 Å². The lowest BCUT2D eigenvalue weighted by Crippen LogP contribution is -2.45. The van der Waals surface area contributed by atoms with Gasteiger partial charge < -0.3 is 15.2 Å². The van der Waals surface area contributed by atoms with E-state index >= 15 is 0 Å². The summed E-state index contributed by atoms with van der Waals surface area (Å²) >= 11 is 0. The number of halogens is 1. The summed E-state index contributed by atoms with van der Waals surface area (Å²) in [7, 11) is 1.97. The highest BCUT2D eigenvalue weighted by Gasteiger charge is 2.23. The fourth-order valence-electron chi connectivity index (χ4n) is 4.29. The van der Waals surface area contributed by atoms with E-state index in [0.717, 1.165) is 36.4 Å². The van der Waals surface area contributed by atoms with Gasteiger partial charge >= 0.3 is 0 Å². The molecular formula is C24H36IN9. The molecule has 2 unspecified atom stereocenters. The molecule has 2 aromatic heterocycles. The molecule has 1 fully saturated rings. The van der Waals surface area contributed by atoms with E-state index in [0.29, 0.717) is 12.6 Å². The standard InChI is InChI=1S/C24H35N9.HI/c1-5-32-13-7-11-22(32)16-25-24(26-17-23-30-29-19(3)31(23)4)28-18(2)20-9-6-10-21(15-20)33-14-8-12-27-33;/h6,8-10,12,14-15,18,22H,5,7,11,13,16-17H2,1-4H3,(H2,25,26,28);1H. The predicted octanol–water partition coefficient (Wildman–Crippen LogP) is 3.21. The number of guanidine groups is 1. The van der Waals surface area contributed by atoms with Crippen molar-refractivity contribution in [3.05, 3.63) is 59.9 Å². The lowest BCUT2D eigenvalue weighted by atomic mass is 10.1. The minimum Gasteiger partial charge on any atom is -0.355 e. The van der Waals surface area contributed by atoms with Crippen molar-refractivity contribution >= 4 is 29.9 Å². The molecule has 1 aliphatic rings. The van der Waals surface area contributed by atoms with E-state index in [1.165, 1.54) is 24.9 Å². The average Bonchev–Trinajstić information content (AvgIpc) is 3.59. The summed E-state index contributed by atoms with van der Waals surface area (Å²) in [5.74, 6) is 2.52. The van der Waals surface area contributed by atoms with E-state index in [-0.39, 0.29) is 30.0 Å². The topological polar surface area (TPSA) is 88.2 Å². The molecule has 9 nitrogen and oxygen atoms in total. The molecule has 2 N–H and O–H groups in total. The van der Waals surface area contributed by atoms with Crippen LogP contribution in [0.1, 0.15) is 49.9 Å². The molecule has 0 amide bonds. The Morgan fingerprint density at radius 2 is 2.12 bits per heavy atom. The molecule has 1 aliphatic heterocycles. The van der Waals surface area contributed by atoms with E-state index < -0.39 is 0 Å². The highest BCUT2D eigenvalue weighted by molar-refractivity contribution is 14.0. The molecule has 0 saturated carbocycles. The number of aromatic nitrogens is 5. The molecule has 0 radical (unpaired) electrons. The van der Waals surface area contributed by atoms with Crippen LogP contribution >= 0.6 is 24.0 Å². The number of rotatable bonds is 8. The second-order valence-electron chi connectivity index (χ2n) is 8.60. The number of likely N-dealkylation sites (N-methyl/N-ethyl adjacent to an activating group) is 1. The van der Waals surface area contributed by atoms with Crippen LogP contribution in [0, 0.1) is 6.92 Å². The zero-order valence-electron chi connectivity index (χ0n) is 20.5. The quantitative estimate of drug-likeness (QED) is 0.243. The largest absolute Gasteiger partial charge is 0.355 e. The van der Waals surface area contributed by atoms with E-state index in [1.54, 1.807) is 6.20 Å². The Morgan fingerprint density at radius 3 is 2.82 bits per heavy atom. The average molecular weight is 578 g/mol. The van der Waals surface area contributed by atoms with Crippen LogP contribution in [0.3, 0.4) is 0 Å². The maximum Gasteiger partial charge on any atom is 0.192 e. The maximum atomic E-state index is 4.85. The van der Waals surface area contributed by atoms with Crippen LogP contribution in [0.15, 0.2) is 47.7 Å². The summed E-state index contributed by atoms with van der Waals surface area (Å²) in [5.41, 5.74) is 2.21. The van der Waals surface area contributed by atoms with Gasteiger partial charge in [0.1, 0.15) is 12.4 Å². The zero-order valence-corrected chi connectivity index (χ0v) is 22.8. The first-order valence-corrected chi connectivity index (χ1v) is 11.8. The summed E-state index contributed by atoms with van der Waals surface area (Å²) in [6.45, 7) is 9.94. The molecule has 0 spiro atoms. The third-order valence-corrected chi connectivity index (χ3v) is 6.46. The van der Waals surface area contributed by atoms with E-state index in [2.05, 4.69) is 68.9 Å². The van der Waals surface area contributed by atoms with Gasteiger partial charge in [-0.15, -0.1) is 34.2 Å². The van der Waals surface area contributed by atoms with Crippen LogP contribution in [-0.4, -0.2) is 61.1 Å². The molecule has 2 atom stereocenters. The molecule has 10 heteroatoms. The number of hydrogen-bond acceptors (Lipinski definition) is 5. The Hall–Kier alpha value is -2.47. The van der Waals surface area contributed by atoms with Gasteiger partial charge in [0.25, 0.3) is 0 Å². The van der Waals surface area contributed by atoms with Gasteiger partial charge in [0.05, 0.1) is 11.7 Å². The Morgan fingerprint density at radius 1 is 1.26 bits per heavy atom. The lowest BCUT2D eigenvalue weighted by Gasteiger charge is -2.25. The molecule has 0 bridgehead atoms. The molecule has 3 heterocycles. The Labute approximate surface area is 219 Å². The minimum atomic E-state index is 0. The van der Waals surface area contributed by atoms with Crippen molar-refractivity contribution in [2.24, 2.45) is 12.0 Å². The van der Waals surface area contributed by atoms with Gasteiger partial charge in [0.15, 0.2) is 11.8 Å². The predicted molar refractivity (Wildman–Crippen MR) is 146 cm³/mol. The van der Waals surface area contributed by atoms with Gasteiger partial charge in [-0.1, -0.05) is 19.1 Å². The second kappa shape index (κ2) is 12.3. The number of likely N-dealkylation sites (tertiary alicyclic amines) is 1. The Balaban J connectivity index is 0.00000324. The first kappa shape index (κ1) is 26.1. The van der Waals surface area contributed by atoms with Crippen molar-refractivity contribution < 1.29 is 0 Å². The van der Waals surface area contributed by atoms with Gasteiger partial charge in [-0.3, -0.25) is 4.90 Å². The number of aryl methyl sites for hydroxylation is 1.